The molecule has 0 aliphatic heterocycles. The predicted octanol–water partition coefficient (Wildman–Crippen LogP) is 2.65. The fraction of sp³-hybridized carbons (Fsp3) is 0.250. The number of rotatable bonds is 7. The van der Waals surface area contributed by atoms with Crippen LogP contribution in [0.25, 0.3) is 0 Å². The summed E-state index contributed by atoms with van der Waals surface area (Å²) in [5.41, 5.74) is 0.155. The third kappa shape index (κ3) is 4.51. The number of benzene rings is 2. The molecule has 1 fully saturated rings. The third-order valence-corrected chi connectivity index (χ3v) is 4.54. The van der Waals surface area contributed by atoms with Gasteiger partial charge in [-0.25, -0.2) is 8.78 Å². The Morgan fingerprint density at radius 1 is 1.00 bits per heavy atom. The van der Waals surface area contributed by atoms with E-state index in [2.05, 4.69) is 5.32 Å². The normalized spacial score (nSPS) is 17.6. The molecule has 2 unspecified atom stereocenters. The van der Waals surface area contributed by atoms with Gasteiger partial charge in [-0.3, -0.25) is 14.4 Å². The van der Waals surface area contributed by atoms with Crippen molar-refractivity contribution >= 4 is 23.5 Å². The molecule has 1 aliphatic carbocycles. The van der Waals surface area contributed by atoms with E-state index in [1.165, 1.54) is 36.4 Å². The van der Waals surface area contributed by atoms with Gasteiger partial charge in [0.1, 0.15) is 18.2 Å². The predicted molar refractivity (Wildman–Crippen MR) is 96.1 cm³/mol. The summed E-state index contributed by atoms with van der Waals surface area (Å²) >= 11 is 0. The van der Waals surface area contributed by atoms with E-state index in [0.717, 1.165) is 4.90 Å². The molecule has 28 heavy (non-hydrogen) atoms. The van der Waals surface area contributed by atoms with E-state index < -0.39 is 47.8 Å². The van der Waals surface area contributed by atoms with Gasteiger partial charge in [-0.2, -0.15) is 0 Å². The Labute approximate surface area is 159 Å². The number of amides is 2. The van der Waals surface area contributed by atoms with Crippen molar-refractivity contribution in [2.45, 2.75) is 13.0 Å². The second kappa shape index (κ2) is 8.16. The van der Waals surface area contributed by atoms with Crippen molar-refractivity contribution in [3.8, 4) is 0 Å². The van der Waals surface area contributed by atoms with Crippen LogP contribution in [-0.2, 0) is 20.9 Å². The third-order valence-electron chi connectivity index (χ3n) is 4.54. The first kappa shape index (κ1) is 19.5. The van der Waals surface area contributed by atoms with E-state index in [-0.39, 0.29) is 24.2 Å². The first-order chi connectivity index (χ1) is 13.4. The fourth-order valence-corrected chi connectivity index (χ4v) is 2.95. The minimum Gasteiger partial charge on any atom is -0.481 e. The van der Waals surface area contributed by atoms with Gasteiger partial charge in [0.2, 0.25) is 11.8 Å². The van der Waals surface area contributed by atoms with Crippen LogP contribution in [0.2, 0.25) is 0 Å². The van der Waals surface area contributed by atoms with E-state index in [1.54, 1.807) is 12.1 Å². The Kier molecular flexibility index (Phi) is 5.67. The van der Waals surface area contributed by atoms with Crippen molar-refractivity contribution in [2.75, 3.05) is 11.9 Å². The molecule has 2 aromatic rings. The van der Waals surface area contributed by atoms with Gasteiger partial charge in [-0.05, 0) is 24.6 Å². The fourth-order valence-electron chi connectivity index (χ4n) is 2.95. The molecule has 146 valence electrons. The van der Waals surface area contributed by atoms with Gasteiger partial charge in [0.05, 0.1) is 17.5 Å². The smallest absolute Gasteiger partial charge is 0.307 e. The van der Waals surface area contributed by atoms with E-state index in [1.807, 2.05) is 0 Å². The number of para-hydroxylation sites is 1. The molecule has 8 heteroatoms. The summed E-state index contributed by atoms with van der Waals surface area (Å²) in [5, 5.41) is 11.4. The van der Waals surface area contributed by atoms with Crippen LogP contribution < -0.4 is 5.32 Å². The van der Waals surface area contributed by atoms with Gasteiger partial charge in [-0.1, -0.05) is 30.3 Å². The van der Waals surface area contributed by atoms with E-state index in [0.29, 0.717) is 0 Å². The first-order valence-corrected chi connectivity index (χ1v) is 8.66. The highest BCUT2D eigenvalue weighted by Gasteiger charge is 2.50. The number of carboxylic acid groups (broad SMARTS) is 1. The van der Waals surface area contributed by atoms with Crippen LogP contribution >= 0.6 is 0 Å². The molecule has 1 aliphatic rings. The van der Waals surface area contributed by atoms with Crippen molar-refractivity contribution in [2.24, 2.45) is 11.8 Å². The molecule has 0 heterocycles. The molecule has 0 spiro atoms. The number of anilines is 1. The average Bonchev–Trinajstić information content (AvgIpc) is 3.45. The Hall–Kier alpha value is -3.29. The number of nitrogens with zero attached hydrogens (tertiary/aromatic N) is 1. The first-order valence-electron chi connectivity index (χ1n) is 8.66. The molecule has 0 bridgehead atoms. The zero-order chi connectivity index (χ0) is 20.3. The number of halogens is 2. The number of hydrogen-bond donors (Lipinski definition) is 2. The SMILES string of the molecule is O=C(CN(Cc1ccccc1F)C(=O)C1CC1C(=O)O)Nc1ccccc1F. The zero-order valence-corrected chi connectivity index (χ0v) is 14.8. The Morgan fingerprint density at radius 2 is 1.64 bits per heavy atom. The van der Waals surface area contributed by atoms with Crippen molar-refractivity contribution in [3.05, 3.63) is 65.7 Å². The van der Waals surface area contributed by atoms with Crippen molar-refractivity contribution in [1.82, 2.24) is 4.90 Å². The van der Waals surface area contributed by atoms with Crippen LogP contribution in [0.1, 0.15) is 12.0 Å². The molecule has 1 saturated carbocycles. The highest BCUT2D eigenvalue weighted by Crippen LogP contribution is 2.40. The van der Waals surface area contributed by atoms with E-state index >= 15 is 0 Å². The molecule has 2 amide bonds. The molecule has 2 N–H and O–H groups in total. The van der Waals surface area contributed by atoms with Gasteiger partial charge in [0.25, 0.3) is 0 Å². The number of carbonyl (C=O) groups is 3. The van der Waals surface area contributed by atoms with Crippen molar-refractivity contribution in [3.63, 3.8) is 0 Å². The van der Waals surface area contributed by atoms with Gasteiger partial charge >= 0.3 is 5.97 Å². The molecule has 2 atom stereocenters. The molecule has 6 nitrogen and oxygen atoms in total. The van der Waals surface area contributed by atoms with Gasteiger partial charge in [-0.15, -0.1) is 0 Å². The summed E-state index contributed by atoms with van der Waals surface area (Å²) in [6.45, 7) is -0.649. The molecule has 3 rings (SSSR count). The molecule has 0 aromatic heterocycles. The van der Waals surface area contributed by atoms with E-state index in [9.17, 15) is 23.2 Å². The van der Waals surface area contributed by atoms with Crippen LogP contribution in [-0.4, -0.2) is 34.3 Å². The van der Waals surface area contributed by atoms with Gasteiger partial charge in [0, 0.05) is 12.1 Å². The monoisotopic (exact) mass is 388 g/mol. The lowest BCUT2D eigenvalue weighted by Gasteiger charge is -2.23. The zero-order valence-electron chi connectivity index (χ0n) is 14.8. The quantitative estimate of drug-likeness (QED) is 0.764. The van der Waals surface area contributed by atoms with Crippen molar-refractivity contribution < 1.29 is 28.3 Å². The van der Waals surface area contributed by atoms with Crippen LogP contribution in [0.4, 0.5) is 14.5 Å². The standard InChI is InChI=1S/C20H18F2N2O4/c21-15-6-2-1-5-12(15)10-24(19(26)13-9-14(13)20(27)28)11-18(25)23-17-8-4-3-7-16(17)22/h1-8,13-14H,9-11H2,(H,23,25)(H,27,28). The number of aliphatic carboxylic acids is 1. The topological polar surface area (TPSA) is 86.7 Å². The summed E-state index contributed by atoms with van der Waals surface area (Å²) in [7, 11) is 0. The highest BCUT2D eigenvalue weighted by molar-refractivity contribution is 5.96. The minimum absolute atomic E-state index is 0.0411. The average molecular weight is 388 g/mol. The lowest BCUT2D eigenvalue weighted by atomic mass is 10.1. The minimum atomic E-state index is -1.08. The Bertz CT molecular complexity index is 919. The number of carboxylic acids is 1. The number of nitrogens with one attached hydrogen (secondary N) is 1. The summed E-state index contributed by atoms with van der Waals surface area (Å²) in [5.74, 6) is -5.01. The summed E-state index contributed by atoms with van der Waals surface area (Å²) in [6, 6.07) is 11.4. The number of carbonyl (C=O) groups excluding carboxylic acids is 2. The molecule has 0 radical (unpaired) electrons. The maximum Gasteiger partial charge on any atom is 0.307 e. The second-order valence-corrected chi connectivity index (χ2v) is 6.60. The molecule has 0 saturated heterocycles. The summed E-state index contributed by atoms with van der Waals surface area (Å²) in [4.78, 5) is 37.2. The largest absolute Gasteiger partial charge is 0.481 e. The van der Waals surface area contributed by atoms with Crippen LogP contribution in [0.5, 0.6) is 0 Å². The van der Waals surface area contributed by atoms with Gasteiger partial charge < -0.3 is 15.3 Å². The maximum absolute atomic E-state index is 14.0. The Balaban J connectivity index is 1.75. The van der Waals surface area contributed by atoms with Crippen LogP contribution in [0, 0.1) is 23.5 Å². The second-order valence-electron chi connectivity index (χ2n) is 6.60. The maximum atomic E-state index is 14.0. The number of hydrogen-bond acceptors (Lipinski definition) is 3. The molecule has 2 aromatic carbocycles. The van der Waals surface area contributed by atoms with Crippen LogP contribution in [0.15, 0.2) is 48.5 Å². The lowest BCUT2D eigenvalue weighted by molar-refractivity contribution is -0.142. The summed E-state index contributed by atoms with van der Waals surface area (Å²) < 4.78 is 27.7. The Morgan fingerprint density at radius 3 is 2.25 bits per heavy atom. The molecular weight excluding hydrogens is 370 g/mol. The lowest BCUT2D eigenvalue weighted by Crippen LogP contribution is -2.39. The van der Waals surface area contributed by atoms with Crippen LogP contribution in [0.3, 0.4) is 0 Å². The summed E-state index contributed by atoms with van der Waals surface area (Å²) in [6.07, 6.45) is 0.177. The van der Waals surface area contributed by atoms with E-state index in [4.69, 9.17) is 5.11 Å². The highest BCUT2D eigenvalue weighted by atomic mass is 19.1. The van der Waals surface area contributed by atoms with Crippen molar-refractivity contribution in [1.29, 1.82) is 0 Å². The molecular formula is C20H18F2N2O4. The van der Waals surface area contributed by atoms with Gasteiger partial charge in [0.15, 0.2) is 0 Å².